The van der Waals surface area contributed by atoms with Crippen molar-refractivity contribution < 1.29 is 28.5 Å². The average Bonchev–Trinajstić information content (AvgIpc) is 2.61. The smallest absolute Gasteiger partial charge is 0.309 e. The first-order valence-electron chi connectivity index (χ1n) is 9.01. The molecule has 0 spiro atoms. The third kappa shape index (κ3) is 8.11. The SMILES string of the molecule is COCCCCOC(=O)C1CCCCC1C(=O)OCCCCOC. The highest BCUT2D eigenvalue weighted by molar-refractivity contribution is 5.82. The van der Waals surface area contributed by atoms with Crippen LogP contribution in [0.25, 0.3) is 0 Å². The van der Waals surface area contributed by atoms with Gasteiger partial charge in [-0.05, 0) is 38.5 Å². The fourth-order valence-electron chi connectivity index (χ4n) is 2.95. The fraction of sp³-hybridized carbons (Fsp3) is 0.889. The standard InChI is InChI=1S/C18H32O6/c1-21-11-5-7-13-23-17(19)15-9-3-4-10-16(15)18(20)24-14-8-6-12-22-2/h15-16H,3-14H2,1-2H3. The summed E-state index contributed by atoms with van der Waals surface area (Å²) in [4.78, 5) is 24.6. The Balaban J connectivity index is 2.34. The van der Waals surface area contributed by atoms with Crippen molar-refractivity contribution in [1.29, 1.82) is 0 Å². The average molecular weight is 344 g/mol. The van der Waals surface area contributed by atoms with Crippen molar-refractivity contribution in [3.8, 4) is 0 Å². The van der Waals surface area contributed by atoms with E-state index in [-0.39, 0.29) is 23.8 Å². The largest absolute Gasteiger partial charge is 0.465 e. The highest BCUT2D eigenvalue weighted by Crippen LogP contribution is 2.32. The molecule has 0 amide bonds. The second-order valence-corrected chi connectivity index (χ2v) is 6.23. The fourth-order valence-corrected chi connectivity index (χ4v) is 2.95. The summed E-state index contributed by atoms with van der Waals surface area (Å²) in [5.74, 6) is -1.22. The highest BCUT2D eigenvalue weighted by atomic mass is 16.5. The van der Waals surface area contributed by atoms with Crippen molar-refractivity contribution >= 4 is 11.9 Å². The number of carbonyl (C=O) groups is 2. The summed E-state index contributed by atoms with van der Waals surface area (Å²) in [6.07, 6.45) is 6.62. The van der Waals surface area contributed by atoms with E-state index in [1.165, 1.54) is 0 Å². The quantitative estimate of drug-likeness (QED) is 0.400. The van der Waals surface area contributed by atoms with E-state index < -0.39 is 0 Å². The summed E-state index contributed by atoms with van der Waals surface area (Å²) in [5.41, 5.74) is 0. The first-order valence-corrected chi connectivity index (χ1v) is 9.01. The Morgan fingerprint density at radius 3 is 1.46 bits per heavy atom. The van der Waals surface area contributed by atoms with Crippen LogP contribution in [0.4, 0.5) is 0 Å². The van der Waals surface area contributed by atoms with E-state index in [0.717, 1.165) is 38.5 Å². The van der Waals surface area contributed by atoms with Gasteiger partial charge in [0.15, 0.2) is 0 Å². The van der Waals surface area contributed by atoms with E-state index in [2.05, 4.69) is 0 Å². The second-order valence-electron chi connectivity index (χ2n) is 6.23. The molecule has 0 N–H and O–H groups in total. The van der Waals surface area contributed by atoms with Crippen LogP contribution >= 0.6 is 0 Å². The first-order chi connectivity index (χ1) is 11.7. The molecule has 1 rings (SSSR count). The monoisotopic (exact) mass is 344 g/mol. The van der Waals surface area contributed by atoms with Crippen LogP contribution in [0.2, 0.25) is 0 Å². The van der Waals surface area contributed by atoms with Crippen LogP contribution in [0, 0.1) is 11.8 Å². The Morgan fingerprint density at radius 2 is 1.08 bits per heavy atom. The minimum absolute atomic E-state index is 0.256. The number of carbonyl (C=O) groups excluding carboxylic acids is 2. The first kappa shape index (κ1) is 20.9. The maximum absolute atomic E-state index is 12.3. The summed E-state index contributed by atoms with van der Waals surface area (Å²) >= 11 is 0. The van der Waals surface area contributed by atoms with Crippen molar-refractivity contribution in [2.75, 3.05) is 40.6 Å². The van der Waals surface area contributed by atoms with Crippen LogP contribution in [0.1, 0.15) is 51.4 Å². The van der Waals surface area contributed by atoms with E-state index in [4.69, 9.17) is 18.9 Å². The Morgan fingerprint density at radius 1 is 0.708 bits per heavy atom. The van der Waals surface area contributed by atoms with Crippen molar-refractivity contribution in [3.63, 3.8) is 0 Å². The normalized spacial score (nSPS) is 20.6. The van der Waals surface area contributed by atoms with Gasteiger partial charge in [-0.2, -0.15) is 0 Å². The zero-order valence-corrected chi connectivity index (χ0v) is 15.1. The lowest BCUT2D eigenvalue weighted by molar-refractivity contribution is -0.163. The molecule has 0 heterocycles. The van der Waals surface area contributed by atoms with Gasteiger partial charge in [0.25, 0.3) is 0 Å². The molecule has 1 aliphatic rings. The molecule has 2 unspecified atom stereocenters. The third-order valence-electron chi connectivity index (χ3n) is 4.35. The Labute approximate surface area is 145 Å². The number of hydrogen-bond acceptors (Lipinski definition) is 6. The summed E-state index contributed by atoms with van der Waals surface area (Å²) in [5, 5.41) is 0. The van der Waals surface area contributed by atoms with Crippen molar-refractivity contribution in [1.82, 2.24) is 0 Å². The van der Waals surface area contributed by atoms with Gasteiger partial charge in [-0.15, -0.1) is 0 Å². The van der Waals surface area contributed by atoms with Gasteiger partial charge in [0.1, 0.15) is 0 Å². The minimum atomic E-state index is -0.354. The molecular weight excluding hydrogens is 312 g/mol. The van der Waals surface area contributed by atoms with Gasteiger partial charge >= 0.3 is 11.9 Å². The van der Waals surface area contributed by atoms with E-state index in [0.29, 0.717) is 39.3 Å². The van der Waals surface area contributed by atoms with Gasteiger partial charge < -0.3 is 18.9 Å². The predicted molar refractivity (Wildman–Crippen MR) is 89.6 cm³/mol. The zero-order valence-electron chi connectivity index (χ0n) is 15.1. The zero-order chi connectivity index (χ0) is 17.6. The molecule has 0 bridgehead atoms. The molecular formula is C18H32O6. The van der Waals surface area contributed by atoms with Gasteiger partial charge in [-0.1, -0.05) is 12.8 Å². The maximum atomic E-state index is 12.3. The molecule has 24 heavy (non-hydrogen) atoms. The van der Waals surface area contributed by atoms with Gasteiger partial charge in [-0.25, -0.2) is 0 Å². The topological polar surface area (TPSA) is 71.1 Å². The van der Waals surface area contributed by atoms with Gasteiger partial charge in [0.2, 0.25) is 0 Å². The van der Waals surface area contributed by atoms with E-state index in [1.54, 1.807) is 14.2 Å². The van der Waals surface area contributed by atoms with Crippen LogP contribution < -0.4 is 0 Å². The minimum Gasteiger partial charge on any atom is -0.465 e. The Kier molecular flexibility index (Phi) is 11.5. The van der Waals surface area contributed by atoms with Crippen LogP contribution in [0.15, 0.2) is 0 Å². The van der Waals surface area contributed by atoms with Crippen LogP contribution in [-0.2, 0) is 28.5 Å². The van der Waals surface area contributed by atoms with Crippen molar-refractivity contribution in [3.05, 3.63) is 0 Å². The van der Waals surface area contributed by atoms with Crippen molar-refractivity contribution in [2.45, 2.75) is 51.4 Å². The Bertz CT molecular complexity index is 323. The number of unbranched alkanes of at least 4 members (excludes halogenated alkanes) is 2. The summed E-state index contributed by atoms with van der Waals surface area (Å²) < 4.78 is 20.6. The molecule has 6 heteroatoms. The van der Waals surface area contributed by atoms with Gasteiger partial charge in [0.05, 0.1) is 25.0 Å². The predicted octanol–water partition coefficient (Wildman–Crippen LogP) is 2.73. The molecule has 1 fully saturated rings. The molecule has 0 aromatic rings. The van der Waals surface area contributed by atoms with Crippen LogP contribution in [0.5, 0.6) is 0 Å². The van der Waals surface area contributed by atoms with Crippen LogP contribution in [0.3, 0.4) is 0 Å². The number of methoxy groups -OCH3 is 2. The lowest BCUT2D eigenvalue weighted by Crippen LogP contribution is -2.35. The number of esters is 2. The third-order valence-corrected chi connectivity index (χ3v) is 4.35. The molecule has 2 atom stereocenters. The molecule has 0 aromatic heterocycles. The molecule has 0 aliphatic heterocycles. The Hall–Kier alpha value is -1.14. The second kappa shape index (κ2) is 13.2. The molecule has 0 aromatic carbocycles. The van der Waals surface area contributed by atoms with Crippen molar-refractivity contribution in [2.24, 2.45) is 11.8 Å². The van der Waals surface area contributed by atoms with Crippen LogP contribution in [-0.4, -0.2) is 52.6 Å². The molecule has 0 saturated heterocycles. The van der Waals surface area contributed by atoms with Gasteiger partial charge in [0, 0.05) is 27.4 Å². The molecule has 1 saturated carbocycles. The number of rotatable bonds is 12. The molecule has 6 nitrogen and oxygen atoms in total. The number of ether oxygens (including phenoxy) is 4. The summed E-state index contributed by atoms with van der Waals surface area (Å²) in [6.45, 7) is 2.10. The highest BCUT2D eigenvalue weighted by Gasteiger charge is 2.37. The maximum Gasteiger partial charge on any atom is 0.309 e. The lowest BCUT2D eigenvalue weighted by Gasteiger charge is -2.28. The molecule has 1 aliphatic carbocycles. The number of hydrogen-bond donors (Lipinski definition) is 0. The van der Waals surface area contributed by atoms with E-state index in [1.807, 2.05) is 0 Å². The van der Waals surface area contributed by atoms with E-state index >= 15 is 0 Å². The summed E-state index contributed by atoms with van der Waals surface area (Å²) in [6, 6.07) is 0. The van der Waals surface area contributed by atoms with Gasteiger partial charge in [-0.3, -0.25) is 9.59 Å². The molecule has 0 radical (unpaired) electrons. The molecule has 140 valence electrons. The lowest BCUT2D eigenvalue weighted by atomic mass is 9.79. The summed E-state index contributed by atoms with van der Waals surface area (Å²) in [7, 11) is 3.30. The van der Waals surface area contributed by atoms with E-state index in [9.17, 15) is 9.59 Å².